The molecule has 0 unspecified atom stereocenters. The third kappa shape index (κ3) is 5.54. The molecular formula is C13H20N2O3. The van der Waals surface area contributed by atoms with Crippen LogP contribution < -0.4 is 20.5 Å². The minimum Gasteiger partial charge on any atom is -0.497 e. The fourth-order valence-corrected chi connectivity index (χ4v) is 1.35. The lowest BCUT2D eigenvalue weighted by Crippen LogP contribution is -2.27. The van der Waals surface area contributed by atoms with Crippen LogP contribution in [0.4, 0.5) is 0 Å². The van der Waals surface area contributed by atoms with Crippen LogP contribution in [-0.4, -0.2) is 32.7 Å². The summed E-state index contributed by atoms with van der Waals surface area (Å²) in [6.07, 6.45) is 1.14. The molecule has 5 nitrogen and oxygen atoms in total. The maximum Gasteiger partial charge on any atom is 0.223 e. The van der Waals surface area contributed by atoms with E-state index < -0.39 is 0 Å². The molecule has 0 aliphatic rings. The Hall–Kier alpha value is -1.75. The number of amides is 1. The number of ether oxygens (including phenoxy) is 2. The summed E-state index contributed by atoms with van der Waals surface area (Å²) >= 11 is 0. The molecule has 0 aromatic heterocycles. The van der Waals surface area contributed by atoms with Crippen molar-refractivity contribution in [3.8, 4) is 11.5 Å². The lowest BCUT2D eigenvalue weighted by molar-refractivity contribution is -0.121. The van der Waals surface area contributed by atoms with Gasteiger partial charge >= 0.3 is 0 Å². The molecule has 0 fully saturated rings. The van der Waals surface area contributed by atoms with E-state index in [0.29, 0.717) is 26.1 Å². The maximum atomic E-state index is 11.4. The normalized spacial score (nSPS) is 9.89. The van der Waals surface area contributed by atoms with Crippen LogP contribution in [0.15, 0.2) is 24.3 Å². The van der Waals surface area contributed by atoms with Gasteiger partial charge in [0.2, 0.25) is 5.91 Å². The Kier molecular flexibility index (Phi) is 6.64. The number of hydrogen-bond acceptors (Lipinski definition) is 4. The standard InChI is InChI=1S/C13H20N2O3/c1-17-11-3-5-12(6-4-11)18-10-7-13(16)15-9-2-8-14/h3-6H,2,7-10,14H2,1H3,(H,15,16). The van der Waals surface area contributed by atoms with Crippen LogP contribution in [0.25, 0.3) is 0 Å². The first kappa shape index (κ1) is 14.3. The molecule has 0 bridgehead atoms. The first-order valence-corrected chi connectivity index (χ1v) is 6.00. The van der Waals surface area contributed by atoms with Gasteiger partial charge in [0.1, 0.15) is 11.5 Å². The van der Waals surface area contributed by atoms with Crippen LogP contribution in [0.5, 0.6) is 11.5 Å². The highest BCUT2D eigenvalue weighted by molar-refractivity contribution is 5.75. The van der Waals surface area contributed by atoms with E-state index in [9.17, 15) is 4.79 Å². The fraction of sp³-hybridized carbons (Fsp3) is 0.462. The highest BCUT2D eigenvalue weighted by Gasteiger charge is 2.01. The topological polar surface area (TPSA) is 73.6 Å². The summed E-state index contributed by atoms with van der Waals surface area (Å²) in [5.41, 5.74) is 5.33. The minimum atomic E-state index is -0.0167. The van der Waals surface area contributed by atoms with Gasteiger partial charge in [-0.2, -0.15) is 0 Å². The van der Waals surface area contributed by atoms with Gasteiger partial charge in [0.25, 0.3) is 0 Å². The smallest absolute Gasteiger partial charge is 0.223 e. The van der Waals surface area contributed by atoms with Gasteiger partial charge < -0.3 is 20.5 Å². The van der Waals surface area contributed by atoms with Crippen molar-refractivity contribution in [3.05, 3.63) is 24.3 Å². The third-order valence-corrected chi connectivity index (χ3v) is 2.36. The molecule has 0 heterocycles. The molecule has 0 saturated heterocycles. The molecule has 1 rings (SSSR count). The Morgan fingerprint density at radius 2 is 1.94 bits per heavy atom. The van der Waals surface area contributed by atoms with Crippen molar-refractivity contribution in [1.82, 2.24) is 5.32 Å². The number of carbonyl (C=O) groups is 1. The predicted molar refractivity (Wildman–Crippen MR) is 69.8 cm³/mol. The van der Waals surface area contributed by atoms with Gasteiger partial charge in [0, 0.05) is 6.54 Å². The average Bonchev–Trinajstić information content (AvgIpc) is 2.40. The summed E-state index contributed by atoms with van der Waals surface area (Å²) in [5.74, 6) is 1.49. The van der Waals surface area contributed by atoms with Crippen molar-refractivity contribution in [2.24, 2.45) is 5.73 Å². The first-order chi connectivity index (χ1) is 8.76. The number of nitrogens with two attached hydrogens (primary N) is 1. The van der Waals surface area contributed by atoms with E-state index in [1.54, 1.807) is 7.11 Å². The van der Waals surface area contributed by atoms with Crippen LogP contribution in [0.2, 0.25) is 0 Å². The second-order valence-corrected chi connectivity index (χ2v) is 3.77. The molecular weight excluding hydrogens is 232 g/mol. The largest absolute Gasteiger partial charge is 0.497 e. The molecule has 0 saturated carbocycles. The Morgan fingerprint density at radius 1 is 1.28 bits per heavy atom. The van der Waals surface area contributed by atoms with Gasteiger partial charge in [0.15, 0.2) is 0 Å². The second-order valence-electron chi connectivity index (χ2n) is 3.77. The molecule has 1 amide bonds. The average molecular weight is 252 g/mol. The summed E-state index contributed by atoms with van der Waals surface area (Å²) in [4.78, 5) is 11.4. The summed E-state index contributed by atoms with van der Waals surface area (Å²) < 4.78 is 10.5. The number of nitrogens with one attached hydrogen (secondary N) is 1. The molecule has 0 aliphatic heterocycles. The highest BCUT2D eigenvalue weighted by Crippen LogP contribution is 2.16. The Bertz CT molecular complexity index is 352. The molecule has 5 heteroatoms. The van der Waals surface area contributed by atoms with E-state index in [1.807, 2.05) is 24.3 Å². The Balaban J connectivity index is 2.18. The number of methoxy groups -OCH3 is 1. The first-order valence-electron chi connectivity index (χ1n) is 6.00. The lowest BCUT2D eigenvalue weighted by Gasteiger charge is -2.07. The van der Waals surface area contributed by atoms with E-state index in [2.05, 4.69) is 5.32 Å². The Labute approximate surface area is 107 Å². The van der Waals surface area contributed by atoms with Crippen molar-refractivity contribution >= 4 is 5.91 Å². The van der Waals surface area contributed by atoms with Crippen molar-refractivity contribution < 1.29 is 14.3 Å². The number of hydrogen-bond donors (Lipinski definition) is 2. The molecule has 18 heavy (non-hydrogen) atoms. The van der Waals surface area contributed by atoms with Gasteiger partial charge in [-0.15, -0.1) is 0 Å². The second kappa shape index (κ2) is 8.36. The maximum absolute atomic E-state index is 11.4. The lowest BCUT2D eigenvalue weighted by atomic mass is 10.3. The molecule has 1 aromatic rings. The van der Waals surface area contributed by atoms with Gasteiger partial charge in [-0.05, 0) is 37.2 Å². The van der Waals surface area contributed by atoms with E-state index in [0.717, 1.165) is 17.9 Å². The van der Waals surface area contributed by atoms with Crippen LogP contribution in [-0.2, 0) is 4.79 Å². The van der Waals surface area contributed by atoms with Crippen LogP contribution in [0, 0.1) is 0 Å². The van der Waals surface area contributed by atoms with Crippen molar-refractivity contribution in [2.75, 3.05) is 26.8 Å². The minimum absolute atomic E-state index is 0.0167. The van der Waals surface area contributed by atoms with Gasteiger partial charge in [-0.25, -0.2) is 0 Å². The predicted octanol–water partition coefficient (Wildman–Crippen LogP) is 0.929. The summed E-state index contributed by atoms with van der Waals surface area (Å²) in [6.45, 7) is 1.57. The molecule has 0 spiro atoms. The third-order valence-electron chi connectivity index (χ3n) is 2.36. The zero-order chi connectivity index (χ0) is 13.2. The number of rotatable bonds is 8. The van der Waals surface area contributed by atoms with Gasteiger partial charge in [0.05, 0.1) is 20.1 Å². The zero-order valence-corrected chi connectivity index (χ0v) is 10.6. The van der Waals surface area contributed by atoms with E-state index in [-0.39, 0.29) is 5.91 Å². The number of carbonyl (C=O) groups excluding carboxylic acids is 1. The van der Waals surface area contributed by atoms with Crippen LogP contribution >= 0.6 is 0 Å². The molecule has 0 aliphatic carbocycles. The number of benzene rings is 1. The molecule has 0 radical (unpaired) electrons. The zero-order valence-electron chi connectivity index (χ0n) is 10.6. The summed E-state index contributed by atoms with van der Waals surface area (Å²) in [5, 5.41) is 2.77. The SMILES string of the molecule is COc1ccc(OCCC(=O)NCCCN)cc1. The van der Waals surface area contributed by atoms with E-state index in [4.69, 9.17) is 15.2 Å². The van der Waals surface area contributed by atoms with E-state index >= 15 is 0 Å². The highest BCUT2D eigenvalue weighted by atomic mass is 16.5. The molecule has 100 valence electrons. The van der Waals surface area contributed by atoms with Crippen LogP contribution in [0.1, 0.15) is 12.8 Å². The Morgan fingerprint density at radius 3 is 2.56 bits per heavy atom. The van der Waals surface area contributed by atoms with Crippen molar-refractivity contribution in [3.63, 3.8) is 0 Å². The molecule has 3 N–H and O–H groups in total. The molecule has 0 atom stereocenters. The summed E-state index contributed by atoms with van der Waals surface area (Å²) in [6, 6.07) is 7.25. The van der Waals surface area contributed by atoms with Gasteiger partial charge in [-0.1, -0.05) is 0 Å². The van der Waals surface area contributed by atoms with Gasteiger partial charge in [-0.3, -0.25) is 4.79 Å². The van der Waals surface area contributed by atoms with Crippen molar-refractivity contribution in [2.45, 2.75) is 12.8 Å². The van der Waals surface area contributed by atoms with E-state index in [1.165, 1.54) is 0 Å². The molecule has 1 aromatic carbocycles. The van der Waals surface area contributed by atoms with Crippen molar-refractivity contribution in [1.29, 1.82) is 0 Å². The van der Waals surface area contributed by atoms with Crippen LogP contribution in [0.3, 0.4) is 0 Å². The fourth-order valence-electron chi connectivity index (χ4n) is 1.35. The quantitative estimate of drug-likeness (QED) is 0.675. The summed E-state index contributed by atoms with van der Waals surface area (Å²) in [7, 11) is 1.61. The monoisotopic (exact) mass is 252 g/mol.